The van der Waals surface area contributed by atoms with Crippen molar-refractivity contribution in [1.82, 2.24) is 9.88 Å². The second kappa shape index (κ2) is 6.63. The van der Waals surface area contributed by atoms with E-state index < -0.39 is 0 Å². The van der Waals surface area contributed by atoms with Crippen LogP contribution < -0.4 is 11.5 Å². The molecule has 1 aromatic carbocycles. The van der Waals surface area contributed by atoms with Crippen LogP contribution >= 0.6 is 0 Å². The highest BCUT2D eigenvalue weighted by atomic mass is 16.3. The number of nitrogen functional groups attached to an aromatic ring is 1. The molecule has 1 amide bonds. The average molecular weight is 352 g/mol. The number of amides is 1. The van der Waals surface area contributed by atoms with Gasteiger partial charge in [-0.25, -0.2) is 0 Å². The van der Waals surface area contributed by atoms with E-state index in [1.165, 1.54) is 6.08 Å². The molecule has 3 rings (SSSR count). The van der Waals surface area contributed by atoms with Gasteiger partial charge in [-0.1, -0.05) is 25.6 Å². The number of aromatic nitrogens is 1. The predicted molar refractivity (Wildman–Crippen MR) is 104 cm³/mol. The predicted octanol–water partition coefficient (Wildman–Crippen LogP) is 2.44. The number of nitrogens with one attached hydrogen (secondary N) is 1. The highest BCUT2D eigenvalue weighted by Crippen LogP contribution is 2.36. The maximum absolute atomic E-state index is 11.9. The largest absolute Gasteiger partial charge is 0.507 e. The molecule has 6 heteroatoms. The van der Waals surface area contributed by atoms with Gasteiger partial charge in [0.2, 0.25) is 5.91 Å². The summed E-state index contributed by atoms with van der Waals surface area (Å²) in [5, 5.41) is 9.95. The molecule has 1 aliphatic heterocycles. The molecule has 1 aliphatic rings. The minimum atomic E-state index is -0.206. The summed E-state index contributed by atoms with van der Waals surface area (Å²) in [5.41, 5.74) is 14.8. The third-order valence-electron chi connectivity index (χ3n) is 5.02. The van der Waals surface area contributed by atoms with E-state index in [1.54, 1.807) is 29.2 Å². The molecule has 136 valence electrons. The highest BCUT2D eigenvalue weighted by molar-refractivity contribution is 5.87. The fourth-order valence-corrected chi connectivity index (χ4v) is 3.39. The Labute approximate surface area is 152 Å². The lowest BCUT2D eigenvalue weighted by atomic mass is 9.86. The van der Waals surface area contributed by atoms with Crippen LogP contribution in [0.1, 0.15) is 30.2 Å². The number of likely N-dealkylation sites (tertiary alicyclic amines) is 1. The summed E-state index contributed by atoms with van der Waals surface area (Å²) >= 11 is 0. The third-order valence-corrected chi connectivity index (χ3v) is 5.02. The number of aromatic amines is 1. The zero-order valence-electron chi connectivity index (χ0n) is 14.8. The van der Waals surface area contributed by atoms with Gasteiger partial charge in [0, 0.05) is 41.0 Å². The Morgan fingerprint density at radius 1 is 1.42 bits per heavy atom. The topological polar surface area (TPSA) is 108 Å². The van der Waals surface area contributed by atoms with Crippen molar-refractivity contribution in [3.05, 3.63) is 59.8 Å². The Morgan fingerprint density at radius 2 is 2.15 bits per heavy atom. The maximum atomic E-state index is 11.9. The Balaban J connectivity index is 1.88. The van der Waals surface area contributed by atoms with Crippen LogP contribution in [-0.2, 0) is 10.2 Å². The van der Waals surface area contributed by atoms with Crippen LogP contribution in [0.4, 0.5) is 5.82 Å². The van der Waals surface area contributed by atoms with E-state index in [2.05, 4.69) is 18.5 Å². The summed E-state index contributed by atoms with van der Waals surface area (Å²) < 4.78 is 0. The summed E-state index contributed by atoms with van der Waals surface area (Å²) in [6, 6.07) is 8.86. The molecule has 6 nitrogen and oxygen atoms in total. The molecule has 6 N–H and O–H groups in total. The lowest BCUT2D eigenvalue weighted by Crippen LogP contribution is -2.31. The van der Waals surface area contributed by atoms with Crippen molar-refractivity contribution in [2.24, 2.45) is 5.73 Å². The number of H-pyrrole nitrogens is 1. The van der Waals surface area contributed by atoms with Crippen LogP contribution in [0.25, 0.3) is 11.8 Å². The number of aromatic hydroxyl groups is 1. The smallest absolute Gasteiger partial charge is 0.245 e. The van der Waals surface area contributed by atoms with E-state index in [0.717, 1.165) is 17.7 Å². The first-order valence-corrected chi connectivity index (χ1v) is 8.50. The molecule has 0 spiro atoms. The average Bonchev–Trinajstić information content (AvgIpc) is 3.19. The first kappa shape index (κ1) is 17.7. The number of carbonyl (C=O) groups excluding carboxylic acids is 1. The van der Waals surface area contributed by atoms with Crippen molar-refractivity contribution in [1.29, 1.82) is 0 Å². The van der Waals surface area contributed by atoms with E-state index in [0.29, 0.717) is 30.2 Å². The molecule has 2 aromatic rings. The van der Waals surface area contributed by atoms with Crippen LogP contribution in [0.5, 0.6) is 5.75 Å². The van der Waals surface area contributed by atoms with E-state index in [4.69, 9.17) is 11.5 Å². The van der Waals surface area contributed by atoms with Crippen molar-refractivity contribution in [2.45, 2.75) is 18.8 Å². The van der Waals surface area contributed by atoms with Crippen molar-refractivity contribution < 1.29 is 9.90 Å². The number of nitrogens with zero attached hydrogens (tertiary/aromatic N) is 1. The SMILES string of the molecule is C=CC(=O)N1CCC(C)(c2cc(/C=C(\N)c3ccccc3O)c(N)[nH]2)C1. The number of phenols is 1. The van der Waals surface area contributed by atoms with Gasteiger partial charge in [-0.15, -0.1) is 0 Å². The van der Waals surface area contributed by atoms with E-state index >= 15 is 0 Å². The Bertz CT molecular complexity index is 884. The number of hydrogen-bond acceptors (Lipinski definition) is 4. The summed E-state index contributed by atoms with van der Waals surface area (Å²) in [6.07, 6.45) is 3.93. The summed E-state index contributed by atoms with van der Waals surface area (Å²) in [6.45, 7) is 6.95. The van der Waals surface area contributed by atoms with Crippen molar-refractivity contribution in [3.8, 4) is 5.75 Å². The normalized spacial score (nSPS) is 20.3. The first-order valence-electron chi connectivity index (χ1n) is 8.50. The molecular weight excluding hydrogens is 328 g/mol. The summed E-state index contributed by atoms with van der Waals surface area (Å²) in [4.78, 5) is 16.9. The number of anilines is 1. The van der Waals surface area contributed by atoms with Gasteiger partial charge >= 0.3 is 0 Å². The molecule has 2 heterocycles. The fraction of sp³-hybridized carbons (Fsp3) is 0.250. The van der Waals surface area contributed by atoms with E-state index in [9.17, 15) is 9.90 Å². The zero-order valence-corrected chi connectivity index (χ0v) is 14.8. The number of para-hydroxylation sites is 1. The van der Waals surface area contributed by atoms with Crippen molar-refractivity contribution >= 4 is 23.5 Å². The second-order valence-corrected chi connectivity index (χ2v) is 6.94. The minimum Gasteiger partial charge on any atom is -0.507 e. The quantitative estimate of drug-likeness (QED) is 0.634. The van der Waals surface area contributed by atoms with Crippen LogP contribution in [0.3, 0.4) is 0 Å². The summed E-state index contributed by atoms with van der Waals surface area (Å²) in [5.74, 6) is 0.571. The molecular formula is C20H24N4O2. The lowest BCUT2D eigenvalue weighted by molar-refractivity contribution is -0.125. The number of carbonyl (C=O) groups is 1. The molecule has 1 atom stereocenters. The molecule has 0 saturated carbocycles. The maximum Gasteiger partial charge on any atom is 0.245 e. The van der Waals surface area contributed by atoms with Gasteiger partial charge in [0.15, 0.2) is 0 Å². The standard InChI is InChI=1S/C20H24N4O2/c1-3-18(26)24-9-8-20(2,12-24)17-11-13(19(22)23-17)10-15(21)14-6-4-5-7-16(14)25/h3-7,10-11,23,25H,1,8-9,12,21-22H2,2H3/b15-10-. The zero-order chi connectivity index (χ0) is 18.9. The van der Waals surface area contributed by atoms with Crippen LogP contribution in [0, 0.1) is 0 Å². The first-order chi connectivity index (χ1) is 12.3. The van der Waals surface area contributed by atoms with Crippen LogP contribution in [0.2, 0.25) is 0 Å². The van der Waals surface area contributed by atoms with Gasteiger partial charge in [0.1, 0.15) is 11.6 Å². The molecule has 0 bridgehead atoms. The molecule has 1 aromatic heterocycles. The number of hydrogen-bond donors (Lipinski definition) is 4. The molecule has 0 aliphatic carbocycles. The minimum absolute atomic E-state index is 0.0582. The van der Waals surface area contributed by atoms with Gasteiger partial charge in [-0.2, -0.15) is 0 Å². The highest BCUT2D eigenvalue weighted by Gasteiger charge is 2.38. The second-order valence-electron chi connectivity index (χ2n) is 6.94. The monoisotopic (exact) mass is 352 g/mol. The Kier molecular flexibility index (Phi) is 4.50. The number of benzene rings is 1. The number of nitrogens with two attached hydrogens (primary N) is 2. The fourth-order valence-electron chi connectivity index (χ4n) is 3.39. The van der Waals surface area contributed by atoms with Crippen molar-refractivity contribution in [3.63, 3.8) is 0 Å². The van der Waals surface area contributed by atoms with Gasteiger partial charge in [-0.3, -0.25) is 4.79 Å². The lowest BCUT2D eigenvalue weighted by Gasteiger charge is -2.23. The van der Waals surface area contributed by atoms with Gasteiger partial charge in [0.25, 0.3) is 0 Å². The van der Waals surface area contributed by atoms with Crippen molar-refractivity contribution in [2.75, 3.05) is 18.8 Å². The van der Waals surface area contributed by atoms with Gasteiger partial charge in [0.05, 0.1) is 0 Å². The molecule has 1 fully saturated rings. The Morgan fingerprint density at radius 3 is 2.85 bits per heavy atom. The van der Waals surface area contributed by atoms with E-state index in [1.807, 2.05) is 12.1 Å². The van der Waals surface area contributed by atoms with E-state index in [-0.39, 0.29) is 17.1 Å². The molecule has 0 radical (unpaired) electrons. The number of rotatable bonds is 4. The molecule has 26 heavy (non-hydrogen) atoms. The van der Waals surface area contributed by atoms with Gasteiger partial charge in [-0.05, 0) is 36.8 Å². The molecule has 1 unspecified atom stereocenters. The van der Waals surface area contributed by atoms with Crippen LogP contribution in [-0.4, -0.2) is 34.0 Å². The Hall–Kier alpha value is -3.15. The van der Waals surface area contributed by atoms with Crippen LogP contribution in [0.15, 0.2) is 43.0 Å². The summed E-state index contributed by atoms with van der Waals surface area (Å²) in [7, 11) is 0. The third kappa shape index (κ3) is 3.18. The molecule has 1 saturated heterocycles. The van der Waals surface area contributed by atoms with Gasteiger partial charge < -0.3 is 26.5 Å². The number of phenolic OH excluding ortho intramolecular Hbond substituents is 1.